The summed E-state index contributed by atoms with van der Waals surface area (Å²) in [5.41, 5.74) is 2.21. The second kappa shape index (κ2) is 7.32. The van der Waals surface area contributed by atoms with Crippen LogP contribution in [0.15, 0.2) is 30.8 Å². The number of benzene rings is 1. The van der Waals surface area contributed by atoms with Crippen LogP contribution in [0.2, 0.25) is 0 Å². The van der Waals surface area contributed by atoms with Gasteiger partial charge in [0.05, 0.1) is 6.10 Å². The molecule has 1 atom stereocenters. The highest BCUT2D eigenvalue weighted by atomic mass is 16.7. The SMILES string of the molecule is C=C(C)c1ccc(OC(C)(OC2CCCCC2)C(C)C)cc1. The van der Waals surface area contributed by atoms with E-state index in [1.807, 2.05) is 19.1 Å². The summed E-state index contributed by atoms with van der Waals surface area (Å²) < 4.78 is 12.6. The molecule has 1 saturated carbocycles. The minimum atomic E-state index is -0.577. The van der Waals surface area contributed by atoms with Crippen LogP contribution >= 0.6 is 0 Å². The van der Waals surface area contributed by atoms with E-state index in [0.717, 1.165) is 29.7 Å². The van der Waals surface area contributed by atoms with Crippen molar-refractivity contribution in [1.82, 2.24) is 0 Å². The van der Waals surface area contributed by atoms with E-state index >= 15 is 0 Å². The summed E-state index contributed by atoms with van der Waals surface area (Å²) in [6.45, 7) is 12.4. The van der Waals surface area contributed by atoms with Gasteiger partial charge in [-0.3, -0.25) is 0 Å². The topological polar surface area (TPSA) is 18.5 Å². The third-order valence-electron chi connectivity index (χ3n) is 4.67. The fourth-order valence-corrected chi connectivity index (χ4v) is 2.83. The zero-order valence-electron chi connectivity index (χ0n) is 14.5. The van der Waals surface area contributed by atoms with Gasteiger partial charge in [-0.25, -0.2) is 0 Å². The van der Waals surface area contributed by atoms with Crippen molar-refractivity contribution in [3.05, 3.63) is 36.4 Å². The van der Waals surface area contributed by atoms with E-state index in [2.05, 4.69) is 39.5 Å². The molecule has 22 heavy (non-hydrogen) atoms. The molecule has 0 saturated heterocycles. The van der Waals surface area contributed by atoms with Gasteiger partial charge in [-0.1, -0.05) is 57.4 Å². The normalized spacial score (nSPS) is 19.0. The van der Waals surface area contributed by atoms with Gasteiger partial charge in [0.15, 0.2) is 0 Å². The molecule has 122 valence electrons. The molecule has 0 radical (unpaired) electrons. The summed E-state index contributed by atoms with van der Waals surface area (Å²) >= 11 is 0. The second-order valence-electron chi connectivity index (χ2n) is 6.96. The summed E-state index contributed by atoms with van der Waals surface area (Å²) in [5.74, 6) is 0.569. The molecule has 2 nitrogen and oxygen atoms in total. The van der Waals surface area contributed by atoms with E-state index in [-0.39, 0.29) is 5.92 Å². The van der Waals surface area contributed by atoms with Gasteiger partial charge in [0.1, 0.15) is 5.75 Å². The lowest BCUT2D eigenvalue weighted by atomic mass is 9.96. The predicted octanol–water partition coefficient (Wildman–Crippen LogP) is 5.82. The first-order valence-corrected chi connectivity index (χ1v) is 8.53. The summed E-state index contributed by atoms with van der Waals surface area (Å²) in [7, 11) is 0. The number of allylic oxidation sites excluding steroid dienone is 1. The van der Waals surface area contributed by atoms with Crippen molar-refractivity contribution < 1.29 is 9.47 Å². The summed E-state index contributed by atoms with van der Waals surface area (Å²) in [4.78, 5) is 0. The first-order chi connectivity index (χ1) is 10.4. The zero-order valence-corrected chi connectivity index (χ0v) is 14.5. The van der Waals surface area contributed by atoms with E-state index in [0.29, 0.717) is 6.10 Å². The maximum Gasteiger partial charge on any atom is 0.210 e. The van der Waals surface area contributed by atoms with Gasteiger partial charge in [-0.05, 0) is 37.5 Å². The number of hydrogen-bond acceptors (Lipinski definition) is 2. The fourth-order valence-electron chi connectivity index (χ4n) is 2.83. The molecule has 1 fully saturated rings. The van der Waals surface area contributed by atoms with Crippen LogP contribution in [0.5, 0.6) is 5.75 Å². The van der Waals surface area contributed by atoms with Crippen molar-refractivity contribution in [1.29, 1.82) is 0 Å². The summed E-state index contributed by atoms with van der Waals surface area (Å²) in [6.07, 6.45) is 6.51. The fraction of sp³-hybridized carbons (Fsp3) is 0.600. The highest BCUT2D eigenvalue weighted by Gasteiger charge is 2.35. The second-order valence-corrected chi connectivity index (χ2v) is 6.96. The summed E-state index contributed by atoms with van der Waals surface area (Å²) in [6, 6.07) is 8.13. The van der Waals surface area contributed by atoms with Crippen LogP contribution in [0, 0.1) is 5.92 Å². The Balaban J connectivity index is 2.07. The Morgan fingerprint density at radius 2 is 1.73 bits per heavy atom. The molecular formula is C20H30O2. The van der Waals surface area contributed by atoms with Crippen LogP contribution in [-0.4, -0.2) is 11.9 Å². The Labute approximate surface area is 135 Å². The Kier molecular flexibility index (Phi) is 5.69. The number of rotatable bonds is 6. The zero-order chi connectivity index (χ0) is 16.2. The first-order valence-electron chi connectivity index (χ1n) is 8.53. The minimum Gasteiger partial charge on any atom is -0.462 e. The number of ether oxygens (including phenoxy) is 2. The van der Waals surface area contributed by atoms with E-state index in [1.165, 1.54) is 19.3 Å². The van der Waals surface area contributed by atoms with E-state index < -0.39 is 5.79 Å². The lowest BCUT2D eigenvalue weighted by Gasteiger charge is -2.38. The van der Waals surface area contributed by atoms with E-state index in [4.69, 9.17) is 9.47 Å². The van der Waals surface area contributed by atoms with Gasteiger partial charge in [-0.2, -0.15) is 0 Å². The minimum absolute atomic E-state index is 0.287. The average molecular weight is 302 g/mol. The van der Waals surface area contributed by atoms with Gasteiger partial charge in [0, 0.05) is 12.8 Å². The maximum absolute atomic E-state index is 6.38. The highest BCUT2D eigenvalue weighted by Crippen LogP contribution is 2.32. The summed E-state index contributed by atoms with van der Waals surface area (Å²) in [5, 5.41) is 0. The molecule has 0 bridgehead atoms. The standard InChI is InChI=1S/C20H30O2/c1-15(2)17-11-13-19(14-12-17)22-20(5,16(3)4)21-18-9-7-6-8-10-18/h11-14,16,18H,1,6-10H2,2-5H3. The molecule has 0 amide bonds. The Morgan fingerprint density at radius 1 is 1.14 bits per heavy atom. The third kappa shape index (κ3) is 4.36. The van der Waals surface area contributed by atoms with Gasteiger partial charge < -0.3 is 9.47 Å². The van der Waals surface area contributed by atoms with Crippen molar-refractivity contribution in [3.8, 4) is 5.75 Å². The molecule has 0 aromatic heterocycles. The van der Waals surface area contributed by atoms with Gasteiger partial charge >= 0.3 is 0 Å². The smallest absolute Gasteiger partial charge is 0.210 e. The molecule has 2 rings (SSSR count). The van der Waals surface area contributed by atoms with E-state index in [9.17, 15) is 0 Å². The van der Waals surface area contributed by atoms with Crippen LogP contribution in [-0.2, 0) is 4.74 Å². The van der Waals surface area contributed by atoms with Crippen molar-refractivity contribution in [2.75, 3.05) is 0 Å². The monoisotopic (exact) mass is 302 g/mol. The van der Waals surface area contributed by atoms with Crippen LogP contribution in [0.4, 0.5) is 0 Å². The number of hydrogen-bond donors (Lipinski definition) is 0. The van der Waals surface area contributed by atoms with Crippen LogP contribution in [0.25, 0.3) is 5.57 Å². The molecular weight excluding hydrogens is 272 g/mol. The van der Waals surface area contributed by atoms with Gasteiger partial charge in [0.2, 0.25) is 5.79 Å². The first kappa shape index (κ1) is 17.1. The molecule has 2 heteroatoms. The maximum atomic E-state index is 6.38. The molecule has 1 unspecified atom stereocenters. The molecule has 0 heterocycles. The van der Waals surface area contributed by atoms with Gasteiger partial charge in [-0.15, -0.1) is 0 Å². The molecule has 0 N–H and O–H groups in total. The Hall–Kier alpha value is -1.28. The van der Waals surface area contributed by atoms with Crippen molar-refractivity contribution in [2.24, 2.45) is 5.92 Å². The molecule has 1 aromatic carbocycles. The lowest BCUT2D eigenvalue weighted by molar-refractivity contribution is -0.229. The highest BCUT2D eigenvalue weighted by molar-refractivity contribution is 5.61. The van der Waals surface area contributed by atoms with Crippen LogP contribution in [0.3, 0.4) is 0 Å². The molecule has 0 spiro atoms. The molecule has 1 aliphatic rings. The van der Waals surface area contributed by atoms with Crippen molar-refractivity contribution in [3.63, 3.8) is 0 Å². The van der Waals surface area contributed by atoms with Crippen LogP contribution < -0.4 is 4.74 Å². The largest absolute Gasteiger partial charge is 0.462 e. The van der Waals surface area contributed by atoms with E-state index in [1.54, 1.807) is 0 Å². The van der Waals surface area contributed by atoms with Crippen molar-refractivity contribution >= 4 is 5.57 Å². The average Bonchev–Trinajstić information content (AvgIpc) is 2.48. The van der Waals surface area contributed by atoms with Gasteiger partial charge in [0.25, 0.3) is 0 Å². The third-order valence-corrected chi connectivity index (χ3v) is 4.67. The molecule has 0 aliphatic heterocycles. The Bertz CT molecular complexity index is 483. The van der Waals surface area contributed by atoms with Crippen molar-refractivity contribution in [2.45, 2.75) is 71.7 Å². The molecule has 1 aromatic rings. The Morgan fingerprint density at radius 3 is 2.23 bits per heavy atom. The quantitative estimate of drug-likeness (QED) is 0.616. The molecule has 1 aliphatic carbocycles. The lowest BCUT2D eigenvalue weighted by Crippen LogP contribution is -2.44. The predicted molar refractivity (Wildman–Crippen MR) is 93.0 cm³/mol. The van der Waals surface area contributed by atoms with Crippen LogP contribution in [0.1, 0.15) is 65.4 Å².